The van der Waals surface area contributed by atoms with Crippen molar-refractivity contribution < 1.29 is 28.7 Å². The molecule has 1 atom stereocenters. The van der Waals surface area contributed by atoms with Crippen LogP contribution in [0.5, 0.6) is 0 Å². The Labute approximate surface area is 191 Å². The molecule has 0 radical (unpaired) electrons. The predicted octanol–water partition coefficient (Wildman–Crippen LogP) is 1.90. The fraction of sp³-hybridized carbons (Fsp3) is 0.522. The third-order valence-corrected chi connectivity index (χ3v) is 5.97. The van der Waals surface area contributed by atoms with Crippen LogP contribution in [0.2, 0.25) is 0 Å². The standard InChI is InChI=1S/C23H28N4O6/c1-23(2,3)33-22(32)26-11-9-13(10-12-26)24-15-6-4-5-14-18(15)21(31)27(20(14)30)16-7-8-17(28)25-19(16)29/h4-6,13,16,24H,7-12H2,1-3H3,(H,25,28,29). The number of ether oxygens (including phenoxy) is 1. The highest BCUT2D eigenvalue weighted by atomic mass is 16.6. The minimum absolute atomic E-state index is 0.00254. The lowest BCUT2D eigenvalue weighted by Gasteiger charge is -2.34. The molecule has 2 N–H and O–H groups in total. The van der Waals surface area contributed by atoms with E-state index < -0.39 is 35.3 Å². The lowest BCUT2D eigenvalue weighted by atomic mass is 10.0. The van der Waals surface area contributed by atoms with E-state index in [4.69, 9.17) is 4.74 Å². The first kappa shape index (κ1) is 22.8. The highest BCUT2D eigenvalue weighted by molar-refractivity contribution is 6.25. The smallest absolute Gasteiger partial charge is 0.410 e. The van der Waals surface area contributed by atoms with Crippen molar-refractivity contribution in [1.82, 2.24) is 15.1 Å². The molecule has 1 aromatic rings. The summed E-state index contributed by atoms with van der Waals surface area (Å²) >= 11 is 0. The quantitative estimate of drug-likeness (QED) is 0.666. The molecule has 0 bridgehead atoms. The molecule has 10 heteroatoms. The van der Waals surface area contributed by atoms with Gasteiger partial charge in [-0.3, -0.25) is 29.4 Å². The molecule has 0 spiro atoms. The summed E-state index contributed by atoms with van der Waals surface area (Å²) in [6.45, 7) is 6.50. The second-order valence-corrected chi connectivity index (χ2v) is 9.56. The first-order valence-electron chi connectivity index (χ1n) is 11.1. The first-order chi connectivity index (χ1) is 15.5. The number of likely N-dealkylation sites (tertiary alicyclic amines) is 1. The van der Waals surface area contributed by atoms with Gasteiger partial charge < -0.3 is 15.0 Å². The molecule has 1 unspecified atom stereocenters. The fourth-order valence-electron chi connectivity index (χ4n) is 4.39. The Morgan fingerprint density at radius 3 is 2.39 bits per heavy atom. The summed E-state index contributed by atoms with van der Waals surface area (Å²) in [5, 5.41) is 5.55. The van der Waals surface area contributed by atoms with Crippen LogP contribution in [0.3, 0.4) is 0 Å². The van der Waals surface area contributed by atoms with Gasteiger partial charge in [0.25, 0.3) is 11.8 Å². The molecule has 5 amide bonds. The lowest BCUT2D eigenvalue weighted by molar-refractivity contribution is -0.136. The van der Waals surface area contributed by atoms with Crippen molar-refractivity contribution in [2.24, 2.45) is 0 Å². The van der Waals surface area contributed by atoms with Crippen LogP contribution in [0.15, 0.2) is 18.2 Å². The summed E-state index contributed by atoms with van der Waals surface area (Å²) in [7, 11) is 0. The summed E-state index contributed by atoms with van der Waals surface area (Å²) in [5.74, 6) is -2.12. The zero-order chi connectivity index (χ0) is 23.9. The third-order valence-electron chi connectivity index (χ3n) is 5.97. The number of fused-ring (bicyclic) bond motifs is 1. The summed E-state index contributed by atoms with van der Waals surface area (Å²) in [4.78, 5) is 64.8. The number of imide groups is 2. The lowest BCUT2D eigenvalue weighted by Crippen LogP contribution is -2.54. The Hall–Kier alpha value is -3.43. The number of nitrogens with zero attached hydrogens (tertiary/aromatic N) is 2. The van der Waals surface area contributed by atoms with Gasteiger partial charge in [0.15, 0.2) is 0 Å². The van der Waals surface area contributed by atoms with Crippen LogP contribution < -0.4 is 10.6 Å². The largest absolute Gasteiger partial charge is 0.444 e. The van der Waals surface area contributed by atoms with Gasteiger partial charge in [0.05, 0.1) is 11.1 Å². The van der Waals surface area contributed by atoms with Gasteiger partial charge >= 0.3 is 6.09 Å². The molecule has 2 saturated heterocycles. The van der Waals surface area contributed by atoms with E-state index in [2.05, 4.69) is 10.6 Å². The average Bonchev–Trinajstić information content (AvgIpc) is 2.99. The van der Waals surface area contributed by atoms with Crippen LogP contribution in [0, 0.1) is 0 Å². The van der Waals surface area contributed by atoms with E-state index in [1.54, 1.807) is 23.1 Å². The predicted molar refractivity (Wildman–Crippen MR) is 118 cm³/mol. The number of hydrogen-bond acceptors (Lipinski definition) is 7. The van der Waals surface area contributed by atoms with Crippen molar-refractivity contribution in [1.29, 1.82) is 0 Å². The number of hydrogen-bond donors (Lipinski definition) is 2. The zero-order valence-corrected chi connectivity index (χ0v) is 19.0. The third kappa shape index (κ3) is 4.55. The number of benzene rings is 1. The van der Waals surface area contributed by atoms with Gasteiger partial charge in [-0.2, -0.15) is 0 Å². The van der Waals surface area contributed by atoms with Crippen molar-refractivity contribution in [3.8, 4) is 0 Å². The van der Waals surface area contributed by atoms with Gasteiger partial charge in [0.1, 0.15) is 11.6 Å². The molecule has 33 heavy (non-hydrogen) atoms. The summed E-state index contributed by atoms with van der Waals surface area (Å²) in [6.07, 6.45) is 1.15. The van der Waals surface area contributed by atoms with Crippen LogP contribution in [0.1, 0.15) is 67.2 Å². The van der Waals surface area contributed by atoms with Crippen molar-refractivity contribution in [3.05, 3.63) is 29.3 Å². The van der Waals surface area contributed by atoms with Crippen molar-refractivity contribution in [3.63, 3.8) is 0 Å². The Kier molecular flexibility index (Phi) is 5.85. The highest BCUT2D eigenvalue weighted by Crippen LogP contribution is 2.33. The minimum Gasteiger partial charge on any atom is -0.444 e. The van der Waals surface area contributed by atoms with Crippen molar-refractivity contribution >= 4 is 35.4 Å². The average molecular weight is 456 g/mol. The topological polar surface area (TPSA) is 125 Å². The molecule has 176 valence electrons. The molecular weight excluding hydrogens is 428 g/mol. The van der Waals surface area contributed by atoms with E-state index in [1.165, 1.54) is 0 Å². The van der Waals surface area contributed by atoms with Crippen molar-refractivity contribution in [2.75, 3.05) is 18.4 Å². The molecule has 2 fully saturated rings. The molecule has 4 rings (SSSR count). The Balaban J connectivity index is 1.45. The maximum Gasteiger partial charge on any atom is 0.410 e. The van der Waals surface area contributed by atoms with Gasteiger partial charge in [-0.05, 0) is 52.2 Å². The SMILES string of the molecule is CC(C)(C)OC(=O)N1CCC(Nc2cccc3c2C(=O)N(C2CCC(=O)NC2=O)C3=O)CC1. The maximum atomic E-state index is 13.2. The number of carbonyl (C=O) groups is 5. The number of anilines is 1. The van der Waals surface area contributed by atoms with Crippen molar-refractivity contribution in [2.45, 2.75) is 64.1 Å². The second kappa shape index (κ2) is 8.49. The van der Waals surface area contributed by atoms with E-state index in [9.17, 15) is 24.0 Å². The Bertz CT molecular complexity index is 1020. The van der Waals surface area contributed by atoms with Crippen LogP contribution in [0.25, 0.3) is 0 Å². The number of amides is 5. The van der Waals surface area contributed by atoms with E-state index in [0.717, 1.165) is 4.90 Å². The summed E-state index contributed by atoms with van der Waals surface area (Å²) < 4.78 is 5.43. The number of rotatable bonds is 3. The van der Waals surface area contributed by atoms with Crippen LogP contribution >= 0.6 is 0 Å². The molecular formula is C23H28N4O6. The number of piperidine rings is 2. The van der Waals surface area contributed by atoms with Crippen LogP contribution in [-0.2, 0) is 14.3 Å². The maximum absolute atomic E-state index is 13.2. The molecule has 1 aromatic carbocycles. The van der Waals surface area contributed by atoms with E-state index in [1.807, 2.05) is 20.8 Å². The highest BCUT2D eigenvalue weighted by Gasteiger charge is 2.45. The molecule has 0 aliphatic carbocycles. The number of nitrogens with one attached hydrogen (secondary N) is 2. The monoisotopic (exact) mass is 456 g/mol. The van der Waals surface area contributed by atoms with E-state index in [-0.39, 0.29) is 36.1 Å². The van der Waals surface area contributed by atoms with Crippen LogP contribution in [-0.4, -0.2) is 70.3 Å². The normalized spacial score (nSPS) is 21.7. The molecule has 3 aliphatic rings. The van der Waals surface area contributed by atoms with Gasteiger partial charge in [0.2, 0.25) is 11.8 Å². The molecule has 3 heterocycles. The van der Waals surface area contributed by atoms with E-state index in [0.29, 0.717) is 31.6 Å². The molecule has 0 aromatic heterocycles. The molecule has 0 saturated carbocycles. The Morgan fingerprint density at radius 1 is 1.06 bits per heavy atom. The van der Waals surface area contributed by atoms with Crippen LogP contribution in [0.4, 0.5) is 10.5 Å². The van der Waals surface area contributed by atoms with Gasteiger partial charge in [-0.25, -0.2) is 4.79 Å². The fourth-order valence-corrected chi connectivity index (χ4v) is 4.39. The van der Waals surface area contributed by atoms with E-state index >= 15 is 0 Å². The summed E-state index contributed by atoms with van der Waals surface area (Å²) in [6, 6.07) is 3.99. The van der Waals surface area contributed by atoms with Gasteiger partial charge in [-0.15, -0.1) is 0 Å². The summed E-state index contributed by atoms with van der Waals surface area (Å²) in [5.41, 5.74) is 0.442. The molecule has 3 aliphatic heterocycles. The zero-order valence-electron chi connectivity index (χ0n) is 19.0. The Morgan fingerprint density at radius 2 is 1.76 bits per heavy atom. The minimum atomic E-state index is -1.000. The van der Waals surface area contributed by atoms with Gasteiger partial charge in [0, 0.05) is 31.2 Å². The van der Waals surface area contributed by atoms with Gasteiger partial charge in [-0.1, -0.05) is 6.07 Å². The second-order valence-electron chi connectivity index (χ2n) is 9.56. The first-order valence-corrected chi connectivity index (χ1v) is 11.1. The molecule has 10 nitrogen and oxygen atoms in total. The number of carbonyl (C=O) groups excluding carboxylic acids is 5.